The number of aliphatic hydroxyl groups is 4. The molecule has 1 aliphatic rings. The van der Waals surface area contributed by atoms with Crippen molar-refractivity contribution in [3.05, 3.63) is 0 Å². The molecule has 0 radical (unpaired) electrons. The second-order valence-electron chi connectivity index (χ2n) is 2.67. The summed E-state index contributed by atoms with van der Waals surface area (Å²) in [6, 6.07) is 0. The second-order valence-corrected chi connectivity index (χ2v) is 2.67. The average molecular weight is 182 g/mol. The SMILES string of the molecule is OCC1O[C@@H](O)C(F)C(O)[C@@H]1O. The van der Waals surface area contributed by atoms with E-state index in [9.17, 15) is 4.39 Å². The average Bonchev–Trinajstić information content (AvgIpc) is 2.08. The molecule has 5 nitrogen and oxygen atoms in total. The Morgan fingerprint density at radius 1 is 1.17 bits per heavy atom. The highest BCUT2D eigenvalue weighted by Crippen LogP contribution is 2.21. The van der Waals surface area contributed by atoms with Crippen molar-refractivity contribution in [2.45, 2.75) is 30.8 Å². The van der Waals surface area contributed by atoms with E-state index < -0.39 is 37.4 Å². The van der Waals surface area contributed by atoms with Gasteiger partial charge in [0.05, 0.1) is 6.61 Å². The molecule has 4 N–H and O–H groups in total. The lowest BCUT2D eigenvalue weighted by Gasteiger charge is -2.36. The molecule has 1 aliphatic heterocycles. The number of ether oxygens (including phenoxy) is 1. The normalized spacial score (nSPS) is 49.2. The highest BCUT2D eigenvalue weighted by molar-refractivity contribution is 4.88. The van der Waals surface area contributed by atoms with Gasteiger partial charge in [-0.2, -0.15) is 0 Å². The Kier molecular flexibility index (Phi) is 2.97. The van der Waals surface area contributed by atoms with Crippen molar-refractivity contribution in [1.82, 2.24) is 0 Å². The molecular weight excluding hydrogens is 171 g/mol. The molecule has 0 aromatic rings. The molecule has 0 aromatic carbocycles. The molecular formula is C6H11FO5. The van der Waals surface area contributed by atoms with Gasteiger partial charge in [0.25, 0.3) is 0 Å². The summed E-state index contributed by atoms with van der Waals surface area (Å²) < 4.78 is 17.1. The zero-order chi connectivity index (χ0) is 9.30. The largest absolute Gasteiger partial charge is 0.394 e. The summed E-state index contributed by atoms with van der Waals surface area (Å²) >= 11 is 0. The van der Waals surface area contributed by atoms with Crippen LogP contribution in [-0.2, 0) is 4.74 Å². The molecule has 5 atom stereocenters. The number of hydrogen-bond donors (Lipinski definition) is 4. The molecule has 12 heavy (non-hydrogen) atoms. The summed E-state index contributed by atoms with van der Waals surface area (Å²) in [5, 5.41) is 35.3. The third kappa shape index (κ3) is 1.57. The summed E-state index contributed by atoms with van der Waals surface area (Å²) in [4.78, 5) is 0. The van der Waals surface area contributed by atoms with Crippen LogP contribution in [0.5, 0.6) is 0 Å². The van der Waals surface area contributed by atoms with E-state index in [1.54, 1.807) is 0 Å². The number of aliphatic hydroxyl groups excluding tert-OH is 4. The van der Waals surface area contributed by atoms with Crippen LogP contribution in [0.1, 0.15) is 0 Å². The van der Waals surface area contributed by atoms with E-state index in [0.717, 1.165) is 0 Å². The number of halogens is 1. The Hall–Kier alpha value is -0.270. The fourth-order valence-electron chi connectivity index (χ4n) is 1.06. The topological polar surface area (TPSA) is 90.2 Å². The van der Waals surface area contributed by atoms with E-state index in [1.807, 2.05) is 0 Å². The molecule has 0 bridgehead atoms. The zero-order valence-corrected chi connectivity index (χ0v) is 6.17. The molecule has 1 heterocycles. The quantitative estimate of drug-likeness (QED) is 0.368. The Balaban J connectivity index is 2.63. The van der Waals surface area contributed by atoms with Crippen LogP contribution in [0.2, 0.25) is 0 Å². The van der Waals surface area contributed by atoms with Crippen molar-refractivity contribution in [3.63, 3.8) is 0 Å². The lowest BCUT2D eigenvalue weighted by Crippen LogP contribution is -2.56. The fourth-order valence-corrected chi connectivity index (χ4v) is 1.06. The fraction of sp³-hybridized carbons (Fsp3) is 1.00. The van der Waals surface area contributed by atoms with E-state index in [-0.39, 0.29) is 0 Å². The molecule has 3 unspecified atom stereocenters. The maximum atomic E-state index is 12.7. The monoisotopic (exact) mass is 182 g/mol. The molecule has 0 saturated carbocycles. The highest BCUT2D eigenvalue weighted by atomic mass is 19.1. The minimum Gasteiger partial charge on any atom is -0.394 e. The standard InChI is InChI=1S/C6H11FO5/c7-3-5(10)4(9)2(1-8)12-6(3)11/h2-6,8-11H,1H2/t2?,3?,4-,5?,6-/m1/s1. The van der Waals surface area contributed by atoms with E-state index in [1.165, 1.54) is 0 Å². The first-order chi connectivity index (χ1) is 5.57. The van der Waals surface area contributed by atoms with E-state index in [0.29, 0.717) is 0 Å². The predicted molar refractivity (Wildman–Crippen MR) is 34.9 cm³/mol. The van der Waals surface area contributed by atoms with E-state index >= 15 is 0 Å². The van der Waals surface area contributed by atoms with Crippen LogP contribution >= 0.6 is 0 Å². The molecule has 72 valence electrons. The van der Waals surface area contributed by atoms with Crippen LogP contribution in [0.4, 0.5) is 4.39 Å². The smallest absolute Gasteiger partial charge is 0.189 e. The van der Waals surface area contributed by atoms with Gasteiger partial charge >= 0.3 is 0 Å². The molecule has 0 aromatic heterocycles. The van der Waals surface area contributed by atoms with E-state index in [2.05, 4.69) is 4.74 Å². The van der Waals surface area contributed by atoms with Gasteiger partial charge in [-0.3, -0.25) is 0 Å². The van der Waals surface area contributed by atoms with Crippen LogP contribution in [0.3, 0.4) is 0 Å². The first-order valence-corrected chi connectivity index (χ1v) is 3.52. The predicted octanol–water partition coefficient (Wildman–Crippen LogP) is -2.24. The first-order valence-electron chi connectivity index (χ1n) is 3.52. The minimum atomic E-state index is -2.04. The van der Waals surface area contributed by atoms with Gasteiger partial charge in [0.15, 0.2) is 12.5 Å². The van der Waals surface area contributed by atoms with Crippen molar-refractivity contribution in [3.8, 4) is 0 Å². The van der Waals surface area contributed by atoms with Crippen LogP contribution in [0.15, 0.2) is 0 Å². The molecule has 1 saturated heterocycles. The summed E-state index contributed by atoms with van der Waals surface area (Å²) in [6.07, 6.45) is -8.19. The third-order valence-corrected chi connectivity index (χ3v) is 1.82. The van der Waals surface area contributed by atoms with Crippen molar-refractivity contribution in [1.29, 1.82) is 0 Å². The van der Waals surface area contributed by atoms with Crippen LogP contribution in [-0.4, -0.2) is 57.8 Å². The number of hydrogen-bond acceptors (Lipinski definition) is 5. The Morgan fingerprint density at radius 3 is 2.25 bits per heavy atom. The van der Waals surface area contributed by atoms with Crippen LogP contribution < -0.4 is 0 Å². The minimum absolute atomic E-state index is 0.581. The van der Waals surface area contributed by atoms with Gasteiger partial charge in [-0.1, -0.05) is 0 Å². The summed E-state index contributed by atoms with van der Waals surface area (Å²) in [7, 11) is 0. The second kappa shape index (κ2) is 3.63. The van der Waals surface area contributed by atoms with Crippen LogP contribution in [0, 0.1) is 0 Å². The van der Waals surface area contributed by atoms with Crippen LogP contribution in [0.25, 0.3) is 0 Å². The maximum absolute atomic E-state index is 12.7. The van der Waals surface area contributed by atoms with Crippen molar-refractivity contribution in [2.24, 2.45) is 0 Å². The summed E-state index contributed by atoms with van der Waals surface area (Å²) in [5.74, 6) is 0. The molecule has 6 heteroatoms. The molecule has 0 spiro atoms. The number of rotatable bonds is 1. The Labute approximate surface area is 68.0 Å². The van der Waals surface area contributed by atoms with Crippen molar-refractivity contribution in [2.75, 3.05) is 6.61 Å². The molecule has 1 rings (SSSR count). The summed E-state index contributed by atoms with van der Waals surface area (Å²) in [5.41, 5.74) is 0. The summed E-state index contributed by atoms with van der Waals surface area (Å²) in [6.45, 7) is -0.581. The van der Waals surface area contributed by atoms with Gasteiger partial charge in [-0.05, 0) is 0 Å². The van der Waals surface area contributed by atoms with Crippen molar-refractivity contribution < 1.29 is 29.6 Å². The molecule has 1 fully saturated rings. The van der Waals surface area contributed by atoms with E-state index in [4.69, 9.17) is 20.4 Å². The van der Waals surface area contributed by atoms with Gasteiger partial charge in [0, 0.05) is 0 Å². The zero-order valence-electron chi connectivity index (χ0n) is 6.17. The first kappa shape index (κ1) is 9.82. The lowest BCUT2D eigenvalue weighted by atomic mass is 10.0. The molecule has 0 aliphatic carbocycles. The van der Waals surface area contributed by atoms with Gasteiger partial charge in [-0.15, -0.1) is 0 Å². The third-order valence-electron chi connectivity index (χ3n) is 1.82. The maximum Gasteiger partial charge on any atom is 0.189 e. The van der Waals surface area contributed by atoms with Gasteiger partial charge in [0.1, 0.15) is 18.3 Å². The number of alkyl halides is 1. The Morgan fingerprint density at radius 2 is 1.75 bits per heavy atom. The Bertz CT molecular complexity index is 150. The molecule has 0 amide bonds. The lowest BCUT2D eigenvalue weighted by molar-refractivity contribution is -0.271. The van der Waals surface area contributed by atoms with Gasteiger partial charge in [0.2, 0.25) is 0 Å². The highest BCUT2D eigenvalue weighted by Gasteiger charge is 2.43. The van der Waals surface area contributed by atoms with Gasteiger partial charge < -0.3 is 25.2 Å². The van der Waals surface area contributed by atoms with Crippen molar-refractivity contribution >= 4 is 0 Å². The van der Waals surface area contributed by atoms with Gasteiger partial charge in [-0.25, -0.2) is 4.39 Å².